The third-order valence-electron chi connectivity index (χ3n) is 1.22. The molecule has 0 aliphatic heterocycles. The number of alkyl halides is 3. The lowest BCUT2D eigenvalue weighted by atomic mass is 10.2. The summed E-state index contributed by atoms with van der Waals surface area (Å²) in [6, 6.07) is 2.66. The predicted molar refractivity (Wildman–Crippen MR) is 38.4 cm³/mol. The fraction of sp³-hybridized carbons (Fsp3) is 0.286. The number of nitrogens with zero attached hydrogens (tertiary/aromatic N) is 1. The highest BCUT2D eigenvalue weighted by atomic mass is 19.4. The first-order valence-corrected chi connectivity index (χ1v) is 3.24. The Balaban J connectivity index is 2.77. The van der Waals surface area contributed by atoms with Gasteiger partial charge in [0.15, 0.2) is 0 Å². The number of rotatable bonds is 1. The van der Waals surface area contributed by atoms with Crippen molar-refractivity contribution < 1.29 is 13.2 Å². The summed E-state index contributed by atoms with van der Waals surface area (Å²) in [7, 11) is 0. The highest BCUT2D eigenvalue weighted by molar-refractivity contribution is 5.37. The summed E-state index contributed by atoms with van der Waals surface area (Å²) in [6.45, 7) is 0. The molecule has 1 heterocycles. The number of anilines is 1. The highest BCUT2D eigenvalue weighted by Gasteiger charge is 2.28. The number of nitrogen functional groups attached to an aromatic ring is 1. The Bertz CT molecular complexity index is 270. The molecule has 0 saturated carbocycles. The summed E-state index contributed by atoms with van der Waals surface area (Å²) in [5.41, 5.74) is 5.51. The average Bonchev–Trinajstić information content (AvgIpc) is 1.82. The molecule has 2 N–H and O–H groups in total. The second kappa shape index (κ2) is 3.00. The molecule has 0 aliphatic carbocycles. The third kappa shape index (κ3) is 2.77. The number of hydrogen-bond donors (Lipinski definition) is 1. The van der Waals surface area contributed by atoms with Crippen LogP contribution in [0.3, 0.4) is 0 Å². The van der Waals surface area contributed by atoms with Crippen LogP contribution in [0, 0.1) is 0 Å². The fourth-order valence-corrected chi connectivity index (χ4v) is 0.799. The molecule has 0 aliphatic rings. The minimum absolute atomic E-state index is 0.0532. The molecule has 1 aromatic heterocycles. The molecule has 0 atom stereocenters. The molecule has 0 bridgehead atoms. The van der Waals surface area contributed by atoms with Crippen LogP contribution in [-0.2, 0) is 6.42 Å². The molecule has 0 amide bonds. The van der Waals surface area contributed by atoms with Crippen LogP contribution in [-0.4, -0.2) is 11.2 Å². The molecule has 0 fully saturated rings. The van der Waals surface area contributed by atoms with Gasteiger partial charge in [-0.25, -0.2) is 0 Å². The Kier molecular flexibility index (Phi) is 2.21. The molecular weight excluding hydrogens is 169 g/mol. The van der Waals surface area contributed by atoms with Gasteiger partial charge in [-0.2, -0.15) is 13.2 Å². The van der Waals surface area contributed by atoms with Gasteiger partial charge in [-0.3, -0.25) is 4.98 Å². The zero-order valence-corrected chi connectivity index (χ0v) is 6.10. The van der Waals surface area contributed by atoms with Crippen molar-refractivity contribution in [3.8, 4) is 0 Å². The van der Waals surface area contributed by atoms with Gasteiger partial charge in [0.2, 0.25) is 0 Å². The van der Waals surface area contributed by atoms with E-state index in [-0.39, 0.29) is 5.69 Å². The largest absolute Gasteiger partial charge is 0.399 e. The normalized spacial score (nSPS) is 11.6. The van der Waals surface area contributed by atoms with Gasteiger partial charge < -0.3 is 5.73 Å². The SMILES string of the molecule is Nc1ccnc(CC(F)(F)F)c1. The molecule has 1 rings (SSSR count). The number of aromatic nitrogens is 1. The summed E-state index contributed by atoms with van der Waals surface area (Å²) in [4.78, 5) is 3.52. The Morgan fingerprint density at radius 1 is 1.42 bits per heavy atom. The molecule has 2 nitrogen and oxygen atoms in total. The number of halogens is 3. The molecule has 12 heavy (non-hydrogen) atoms. The first-order chi connectivity index (χ1) is 5.47. The van der Waals surface area contributed by atoms with Crippen molar-refractivity contribution in [3.05, 3.63) is 24.0 Å². The summed E-state index contributed by atoms with van der Waals surface area (Å²) in [5.74, 6) is 0. The monoisotopic (exact) mass is 176 g/mol. The molecule has 1 aromatic rings. The molecule has 5 heteroatoms. The van der Waals surface area contributed by atoms with Gasteiger partial charge in [-0.1, -0.05) is 0 Å². The van der Waals surface area contributed by atoms with Crippen molar-refractivity contribution in [2.45, 2.75) is 12.6 Å². The minimum Gasteiger partial charge on any atom is -0.399 e. The third-order valence-corrected chi connectivity index (χ3v) is 1.22. The van der Waals surface area contributed by atoms with Gasteiger partial charge in [0.25, 0.3) is 0 Å². The molecule has 0 radical (unpaired) electrons. The molecule has 0 saturated heterocycles. The maximum absolute atomic E-state index is 11.8. The van der Waals surface area contributed by atoms with E-state index in [2.05, 4.69) is 4.98 Å². The quantitative estimate of drug-likeness (QED) is 0.708. The zero-order valence-electron chi connectivity index (χ0n) is 6.10. The lowest BCUT2D eigenvalue weighted by molar-refractivity contribution is -0.127. The van der Waals surface area contributed by atoms with E-state index in [0.29, 0.717) is 5.69 Å². The van der Waals surface area contributed by atoms with Crippen LogP contribution in [0.1, 0.15) is 5.69 Å². The summed E-state index contributed by atoms with van der Waals surface area (Å²) in [5, 5.41) is 0. The van der Waals surface area contributed by atoms with E-state index < -0.39 is 12.6 Å². The van der Waals surface area contributed by atoms with Gasteiger partial charge in [0.05, 0.1) is 12.1 Å². The smallest absolute Gasteiger partial charge is 0.394 e. The van der Waals surface area contributed by atoms with Crippen LogP contribution in [0.25, 0.3) is 0 Å². The molecule has 66 valence electrons. The first kappa shape index (κ1) is 8.83. The van der Waals surface area contributed by atoms with Gasteiger partial charge in [-0.05, 0) is 12.1 Å². The van der Waals surface area contributed by atoms with Gasteiger partial charge >= 0.3 is 6.18 Å². The lowest BCUT2D eigenvalue weighted by Gasteiger charge is -2.05. The van der Waals surface area contributed by atoms with Gasteiger partial charge in [-0.15, -0.1) is 0 Å². The zero-order chi connectivity index (χ0) is 9.19. The van der Waals surface area contributed by atoms with E-state index in [1.165, 1.54) is 18.3 Å². The second-order valence-electron chi connectivity index (χ2n) is 2.37. The summed E-state index contributed by atoms with van der Waals surface area (Å²) in [6.07, 6.45) is -3.99. The van der Waals surface area contributed by atoms with Crippen LogP contribution in [0.4, 0.5) is 18.9 Å². The topological polar surface area (TPSA) is 38.9 Å². The van der Waals surface area contributed by atoms with E-state index in [1.807, 2.05) is 0 Å². The number of pyridine rings is 1. The number of hydrogen-bond acceptors (Lipinski definition) is 2. The maximum atomic E-state index is 11.8. The Hall–Kier alpha value is -1.26. The second-order valence-corrected chi connectivity index (χ2v) is 2.37. The Morgan fingerprint density at radius 3 is 2.58 bits per heavy atom. The van der Waals surface area contributed by atoms with Crippen LogP contribution in [0.2, 0.25) is 0 Å². The highest BCUT2D eigenvalue weighted by Crippen LogP contribution is 2.20. The average molecular weight is 176 g/mol. The van der Waals surface area contributed by atoms with E-state index in [9.17, 15) is 13.2 Å². The molecule has 0 unspecified atom stereocenters. The number of nitrogens with two attached hydrogens (primary N) is 1. The first-order valence-electron chi connectivity index (χ1n) is 3.24. The van der Waals surface area contributed by atoms with Crippen molar-refractivity contribution in [3.63, 3.8) is 0 Å². The summed E-state index contributed by atoms with van der Waals surface area (Å²) >= 11 is 0. The fourth-order valence-electron chi connectivity index (χ4n) is 0.799. The van der Waals surface area contributed by atoms with Crippen LogP contribution in [0.5, 0.6) is 0 Å². The van der Waals surface area contributed by atoms with Gasteiger partial charge in [0.1, 0.15) is 0 Å². The molecule has 0 aromatic carbocycles. The van der Waals surface area contributed by atoms with Crippen molar-refractivity contribution in [2.75, 3.05) is 5.73 Å². The Morgan fingerprint density at radius 2 is 2.08 bits per heavy atom. The van der Waals surface area contributed by atoms with E-state index in [4.69, 9.17) is 5.73 Å². The lowest BCUT2D eigenvalue weighted by Crippen LogP contribution is -2.12. The van der Waals surface area contributed by atoms with Crippen LogP contribution < -0.4 is 5.73 Å². The summed E-state index contributed by atoms with van der Waals surface area (Å²) < 4.78 is 35.4. The van der Waals surface area contributed by atoms with E-state index >= 15 is 0 Å². The van der Waals surface area contributed by atoms with E-state index in [1.54, 1.807) is 0 Å². The van der Waals surface area contributed by atoms with Gasteiger partial charge in [0, 0.05) is 11.9 Å². The van der Waals surface area contributed by atoms with Crippen LogP contribution in [0.15, 0.2) is 18.3 Å². The molecular formula is C7H7F3N2. The van der Waals surface area contributed by atoms with Crippen molar-refractivity contribution in [2.24, 2.45) is 0 Å². The maximum Gasteiger partial charge on any atom is 0.394 e. The van der Waals surface area contributed by atoms with E-state index in [0.717, 1.165) is 0 Å². The van der Waals surface area contributed by atoms with Crippen LogP contribution >= 0.6 is 0 Å². The minimum atomic E-state index is -4.22. The predicted octanol–water partition coefficient (Wildman–Crippen LogP) is 1.77. The van der Waals surface area contributed by atoms with Crippen molar-refractivity contribution in [1.29, 1.82) is 0 Å². The standard InChI is InChI=1S/C7H7F3N2/c8-7(9,10)4-6-3-5(11)1-2-12-6/h1-3H,4H2,(H2,11,12). The Labute approximate surface area is 67.2 Å². The van der Waals surface area contributed by atoms with Crippen molar-refractivity contribution in [1.82, 2.24) is 4.98 Å². The molecule has 0 spiro atoms. The van der Waals surface area contributed by atoms with Crippen molar-refractivity contribution >= 4 is 5.69 Å².